The zero-order valence-electron chi connectivity index (χ0n) is 20.9. The number of rotatable bonds is 6. The number of anilines is 1. The van der Waals surface area contributed by atoms with Gasteiger partial charge in [-0.1, -0.05) is 12.1 Å². The minimum absolute atomic E-state index is 0.178. The number of carbonyl (C=O) groups is 2. The van der Waals surface area contributed by atoms with Gasteiger partial charge in [0.15, 0.2) is 0 Å². The maximum absolute atomic E-state index is 13.1. The molecule has 2 aliphatic heterocycles. The Bertz CT molecular complexity index is 1060. The van der Waals surface area contributed by atoms with Gasteiger partial charge in [-0.25, -0.2) is 23.9 Å². The van der Waals surface area contributed by atoms with Gasteiger partial charge in [0.1, 0.15) is 5.82 Å². The molecule has 1 aromatic carbocycles. The molecular weight excluding hydrogens is 557 g/mol. The maximum atomic E-state index is 13.1. The average molecular weight is 584 g/mol. The molecule has 0 amide bonds. The summed E-state index contributed by atoms with van der Waals surface area (Å²) in [5.74, 6) is -5.01. The Hall–Kier alpha value is -3.53. The number of ether oxygens (including phenoxy) is 1. The van der Waals surface area contributed by atoms with Crippen LogP contribution in [0.1, 0.15) is 24.8 Å². The van der Waals surface area contributed by atoms with Crippen LogP contribution in [0.25, 0.3) is 0 Å². The van der Waals surface area contributed by atoms with Crippen molar-refractivity contribution >= 4 is 17.9 Å². The molecule has 0 unspecified atom stereocenters. The Kier molecular flexibility index (Phi) is 11.6. The molecule has 2 aromatic rings. The van der Waals surface area contributed by atoms with E-state index < -0.39 is 24.3 Å². The number of aromatic nitrogens is 2. The summed E-state index contributed by atoms with van der Waals surface area (Å²) in [5, 5.41) is 17.6. The Balaban J connectivity index is 0.000000333. The number of halogens is 7. The molecule has 1 aromatic heterocycles. The van der Waals surface area contributed by atoms with Crippen molar-refractivity contribution in [2.75, 3.05) is 31.6 Å². The van der Waals surface area contributed by atoms with E-state index in [1.807, 2.05) is 18.2 Å². The number of likely N-dealkylation sites (tertiary alicyclic amines) is 1. The molecule has 3 N–H and O–H groups in total. The highest BCUT2D eigenvalue weighted by atomic mass is 19.4. The van der Waals surface area contributed by atoms with E-state index in [-0.39, 0.29) is 11.2 Å². The van der Waals surface area contributed by atoms with Crippen molar-refractivity contribution in [3.05, 3.63) is 54.1 Å². The minimum atomic E-state index is -5.08. The highest BCUT2D eigenvalue weighted by Gasteiger charge is 2.47. The monoisotopic (exact) mass is 584 g/mol. The summed E-state index contributed by atoms with van der Waals surface area (Å²) in [5.41, 5.74) is 1.34. The fourth-order valence-corrected chi connectivity index (χ4v) is 4.30. The molecule has 0 bridgehead atoms. The molecule has 222 valence electrons. The van der Waals surface area contributed by atoms with Gasteiger partial charge in [0.2, 0.25) is 5.95 Å². The first-order valence-corrected chi connectivity index (χ1v) is 11.8. The van der Waals surface area contributed by atoms with Gasteiger partial charge in [-0.05, 0) is 43.0 Å². The van der Waals surface area contributed by atoms with Crippen LogP contribution < -0.4 is 5.32 Å². The van der Waals surface area contributed by atoms with E-state index >= 15 is 0 Å². The number of hydrogen-bond acceptors (Lipinski definition) is 7. The van der Waals surface area contributed by atoms with Crippen molar-refractivity contribution in [1.82, 2.24) is 14.9 Å². The Morgan fingerprint density at radius 2 is 1.57 bits per heavy atom. The summed E-state index contributed by atoms with van der Waals surface area (Å²) in [6.45, 7) is 4.60. The van der Waals surface area contributed by atoms with E-state index in [0.29, 0.717) is 12.1 Å². The van der Waals surface area contributed by atoms with Gasteiger partial charge in [-0.15, -0.1) is 0 Å². The van der Waals surface area contributed by atoms with Crippen molar-refractivity contribution in [1.29, 1.82) is 0 Å². The standard InChI is InChI=1S/C20H25FN4O.2C2HF3O2/c21-17-4-2-16(3-5-17)14-25-12-6-18-20(15-25,8-13-26-18)7-11-24-19-22-9-1-10-23-19;2*3-2(4,5)1(6)7/h1-5,9-10,18H,6-8,11-15H2,(H,22,23,24);2*(H,6,7)/t18-,20+;;/m1../s1. The Morgan fingerprint density at radius 3 is 2.10 bits per heavy atom. The molecular formula is C24H27F7N4O5. The van der Waals surface area contributed by atoms with Crippen molar-refractivity contribution in [2.24, 2.45) is 5.41 Å². The number of fused-ring (bicyclic) bond motifs is 1. The Morgan fingerprint density at radius 1 is 1.02 bits per heavy atom. The molecule has 2 fully saturated rings. The van der Waals surface area contributed by atoms with E-state index in [0.717, 1.165) is 57.6 Å². The second-order valence-corrected chi connectivity index (χ2v) is 8.95. The van der Waals surface area contributed by atoms with Gasteiger partial charge in [0.05, 0.1) is 6.10 Å². The maximum Gasteiger partial charge on any atom is 0.490 e. The predicted octanol–water partition coefficient (Wildman–Crippen LogP) is 4.37. The fourth-order valence-electron chi connectivity index (χ4n) is 4.30. The third-order valence-corrected chi connectivity index (χ3v) is 6.12. The molecule has 0 radical (unpaired) electrons. The van der Waals surface area contributed by atoms with Crippen LogP contribution in [0.15, 0.2) is 42.7 Å². The number of benzene rings is 1. The van der Waals surface area contributed by atoms with Crippen molar-refractivity contribution in [3.8, 4) is 0 Å². The summed E-state index contributed by atoms with van der Waals surface area (Å²) in [6, 6.07) is 8.67. The average Bonchev–Trinajstić information content (AvgIpc) is 3.29. The molecule has 2 atom stereocenters. The third kappa shape index (κ3) is 10.6. The topological polar surface area (TPSA) is 125 Å². The van der Waals surface area contributed by atoms with Crippen LogP contribution in [-0.4, -0.2) is 81.7 Å². The molecule has 2 aliphatic rings. The van der Waals surface area contributed by atoms with Gasteiger partial charge in [-0.2, -0.15) is 26.3 Å². The number of carboxylic acid groups (broad SMARTS) is 2. The summed E-state index contributed by atoms with van der Waals surface area (Å²) in [4.78, 5) is 28.7. The van der Waals surface area contributed by atoms with Crippen LogP contribution in [0.4, 0.5) is 36.7 Å². The summed E-state index contributed by atoms with van der Waals surface area (Å²) < 4.78 is 82.6. The molecule has 0 saturated carbocycles. The lowest BCUT2D eigenvalue weighted by atomic mass is 9.74. The SMILES string of the molecule is Fc1ccc(CN2CC[C@H]3OCC[C@@]3(CCNc3ncccn3)C2)cc1.O=C(O)C(F)(F)F.O=C(O)C(F)(F)F. The van der Waals surface area contributed by atoms with Crippen LogP contribution in [0, 0.1) is 11.2 Å². The van der Waals surface area contributed by atoms with E-state index in [4.69, 9.17) is 24.5 Å². The van der Waals surface area contributed by atoms with E-state index in [2.05, 4.69) is 20.2 Å². The van der Waals surface area contributed by atoms with Crippen LogP contribution in [0.5, 0.6) is 0 Å². The zero-order valence-corrected chi connectivity index (χ0v) is 20.9. The predicted molar refractivity (Wildman–Crippen MR) is 126 cm³/mol. The fraction of sp³-hybridized carbons (Fsp3) is 0.500. The number of alkyl halides is 6. The van der Waals surface area contributed by atoms with Crippen LogP contribution >= 0.6 is 0 Å². The second-order valence-electron chi connectivity index (χ2n) is 8.95. The zero-order chi connectivity index (χ0) is 30.0. The van der Waals surface area contributed by atoms with E-state index in [1.54, 1.807) is 24.5 Å². The lowest BCUT2D eigenvalue weighted by Crippen LogP contribution is -2.49. The first-order valence-electron chi connectivity index (χ1n) is 11.8. The van der Waals surface area contributed by atoms with Gasteiger partial charge >= 0.3 is 24.3 Å². The highest BCUT2D eigenvalue weighted by Crippen LogP contribution is 2.43. The first kappa shape index (κ1) is 32.7. The number of piperidine rings is 1. The molecule has 16 heteroatoms. The Labute approximate surface area is 224 Å². The van der Waals surface area contributed by atoms with Crippen molar-refractivity contribution in [3.63, 3.8) is 0 Å². The molecule has 9 nitrogen and oxygen atoms in total. The number of aliphatic carboxylic acids is 2. The molecule has 4 rings (SSSR count). The van der Waals surface area contributed by atoms with Crippen LogP contribution in [0.3, 0.4) is 0 Å². The second kappa shape index (κ2) is 14.2. The largest absolute Gasteiger partial charge is 0.490 e. The van der Waals surface area contributed by atoms with Crippen LogP contribution in [0.2, 0.25) is 0 Å². The summed E-state index contributed by atoms with van der Waals surface area (Å²) in [6.07, 6.45) is -3.14. The lowest BCUT2D eigenvalue weighted by molar-refractivity contribution is -0.193. The van der Waals surface area contributed by atoms with Gasteiger partial charge in [-0.3, -0.25) is 4.90 Å². The summed E-state index contributed by atoms with van der Waals surface area (Å²) >= 11 is 0. The summed E-state index contributed by atoms with van der Waals surface area (Å²) in [7, 11) is 0. The van der Waals surface area contributed by atoms with Gasteiger partial charge in [0.25, 0.3) is 0 Å². The highest BCUT2D eigenvalue weighted by molar-refractivity contribution is 5.73. The number of nitrogens with one attached hydrogen (secondary N) is 1. The molecule has 0 aliphatic carbocycles. The molecule has 2 saturated heterocycles. The normalized spacial score (nSPS) is 20.7. The number of carboxylic acids is 2. The quantitative estimate of drug-likeness (QED) is 0.425. The van der Waals surface area contributed by atoms with Gasteiger partial charge < -0.3 is 20.3 Å². The van der Waals surface area contributed by atoms with Crippen molar-refractivity contribution < 1.29 is 55.3 Å². The van der Waals surface area contributed by atoms with Crippen molar-refractivity contribution in [2.45, 2.75) is 44.3 Å². The van der Waals surface area contributed by atoms with E-state index in [1.165, 1.54) is 0 Å². The smallest absolute Gasteiger partial charge is 0.475 e. The molecule has 0 spiro atoms. The van der Waals surface area contributed by atoms with Crippen LogP contribution in [-0.2, 0) is 20.9 Å². The minimum Gasteiger partial charge on any atom is -0.475 e. The van der Waals surface area contributed by atoms with Gasteiger partial charge in [0, 0.05) is 50.6 Å². The third-order valence-electron chi connectivity index (χ3n) is 6.12. The van der Waals surface area contributed by atoms with E-state index in [9.17, 15) is 30.7 Å². The lowest BCUT2D eigenvalue weighted by Gasteiger charge is -2.44. The first-order chi connectivity index (χ1) is 18.6. The molecule has 40 heavy (non-hydrogen) atoms. The number of nitrogens with zero attached hydrogens (tertiary/aromatic N) is 3. The number of hydrogen-bond donors (Lipinski definition) is 3. The molecule has 3 heterocycles.